The molecule has 0 heterocycles. The van der Waals surface area contributed by atoms with Crippen LogP contribution in [0.15, 0.2) is 46.9 Å². The molecule has 106 valence electrons. The van der Waals surface area contributed by atoms with Gasteiger partial charge in [0, 0.05) is 4.47 Å². The van der Waals surface area contributed by atoms with Gasteiger partial charge in [-0.3, -0.25) is 11.3 Å². The number of hydrazine groups is 1. The van der Waals surface area contributed by atoms with Gasteiger partial charge in [-0.25, -0.2) is 4.39 Å². The van der Waals surface area contributed by atoms with Crippen molar-refractivity contribution in [1.29, 1.82) is 0 Å². The number of hydrogen-bond donors (Lipinski definition) is 2. The molecule has 0 aliphatic carbocycles. The number of rotatable bonds is 5. The Morgan fingerprint density at radius 3 is 2.75 bits per heavy atom. The molecule has 2 rings (SSSR count). The van der Waals surface area contributed by atoms with Gasteiger partial charge in [0.2, 0.25) is 0 Å². The number of methoxy groups -OCH3 is 1. The van der Waals surface area contributed by atoms with Gasteiger partial charge in [-0.15, -0.1) is 0 Å². The third-order valence-corrected chi connectivity index (χ3v) is 3.83. The molecule has 0 amide bonds. The average molecular weight is 339 g/mol. The molecule has 0 aliphatic heterocycles. The molecular weight excluding hydrogens is 323 g/mol. The minimum atomic E-state index is -0.247. The fraction of sp³-hybridized carbons (Fsp3) is 0.200. The van der Waals surface area contributed by atoms with Crippen LogP contribution in [0.1, 0.15) is 17.2 Å². The standard InChI is InChI=1S/C15H16BrFN2O/c1-20-12-5-6-14(16)13(9-12)15(19-18)8-10-3-2-4-11(17)7-10/h2-7,9,15,19H,8,18H2,1H3. The molecule has 0 fully saturated rings. The van der Waals surface area contributed by atoms with E-state index in [1.54, 1.807) is 13.2 Å². The van der Waals surface area contributed by atoms with Crippen molar-refractivity contribution in [3.8, 4) is 5.75 Å². The summed E-state index contributed by atoms with van der Waals surface area (Å²) in [7, 11) is 1.62. The summed E-state index contributed by atoms with van der Waals surface area (Å²) in [6.45, 7) is 0. The Hall–Kier alpha value is -1.43. The molecule has 2 aromatic rings. The van der Waals surface area contributed by atoms with Gasteiger partial charge in [0.05, 0.1) is 13.2 Å². The van der Waals surface area contributed by atoms with E-state index >= 15 is 0 Å². The number of hydrogen-bond acceptors (Lipinski definition) is 3. The molecule has 0 saturated heterocycles. The lowest BCUT2D eigenvalue weighted by molar-refractivity contribution is 0.412. The Morgan fingerprint density at radius 2 is 2.10 bits per heavy atom. The van der Waals surface area contributed by atoms with Crippen LogP contribution >= 0.6 is 15.9 Å². The Balaban J connectivity index is 2.28. The first-order chi connectivity index (χ1) is 9.63. The lowest BCUT2D eigenvalue weighted by Gasteiger charge is -2.19. The molecule has 2 aromatic carbocycles. The van der Waals surface area contributed by atoms with Gasteiger partial charge < -0.3 is 4.74 Å². The maximum Gasteiger partial charge on any atom is 0.123 e. The maximum absolute atomic E-state index is 13.2. The molecule has 0 aliphatic rings. The fourth-order valence-corrected chi connectivity index (χ4v) is 2.60. The van der Waals surface area contributed by atoms with E-state index in [1.165, 1.54) is 12.1 Å². The van der Waals surface area contributed by atoms with Crippen molar-refractivity contribution in [2.45, 2.75) is 12.5 Å². The molecule has 1 unspecified atom stereocenters. The van der Waals surface area contributed by atoms with Gasteiger partial charge in [-0.2, -0.15) is 0 Å². The van der Waals surface area contributed by atoms with E-state index in [4.69, 9.17) is 10.6 Å². The third kappa shape index (κ3) is 3.56. The zero-order valence-electron chi connectivity index (χ0n) is 11.1. The summed E-state index contributed by atoms with van der Waals surface area (Å²) in [5.41, 5.74) is 4.62. The quantitative estimate of drug-likeness (QED) is 0.649. The molecule has 0 spiro atoms. The second kappa shape index (κ2) is 6.83. The minimum absolute atomic E-state index is 0.138. The van der Waals surface area contributed by atoms with Crippen molar-refractivity contribution >= 4 is 15.9 Å². The Morgan fingerprint density at radius 1 is 1.30 bits per heavy atom. The molecule has 0 bridgehead atoms. The van der Waals surface area contributed by atoms with E-state index in [0.29, 0.717) is 6.42 Å². The van der Waals surface area contributed by atoms with Crippen LogP contribution in [-0.4, -0.2) is 7.11 Å². The van der Waals surface area contributed by atoms with E-state index < -0.39 is 0 Å². The Labute approximate surface area is 126 Å². The second-order valence-corrected chi connectivity index (χ2v) is 5.30. The first-order valence-electron chi connectivity index (χ1n) is 6.18. The van der Waals surface area contributed by atoms with Crippen LogP contribution in [0.25, 0.3) is 0 Å². The van der Waals surface area contributed by atoms with Crippen LogP contribution in [0, 0.1) is 5.82 Å². The summed E-state index contributed by atoms with van der Waals surface area (Å²) < 4.78 is 19.4. The molecule has 3 nitrogen and oxygen atoms in total. The van der Waals surface area contributed by atoms with Crippen molar-refractivity contribution in [1.82, 2.24) is 5.43 Å². The van der Waals surface area contributed by atoms with Crippen molar-refractivity contribution in [2.75, 3.05) is 7.11 Å². The molecule has 0 radical (unpaired) electrons. The molecule has 0 saturated carbocycles. The molecule has 5 heteroatoms. The number of benzene rings is 2. The fourth-order valence-electron chi connectivity index (χ4n) is 2.07. The van der Waals surface area contributed by atoms with Gasteiger partial charge in [-0.1, -0.05) is 28.1 Å². The summed E-state index contributed by atoms with van der Waals surface area (Å²) in [4.78, 5) is 0. The highest BCUT2D eigenvalue weighted by atomic mass is 79.9. The molecular formula is C15H16BrFN2O. The lowest BCUT2D eigenvalue weighted by Crippen LogP contribution is -2.29. The van der Waals surface area contributed by atoms with E-state index in [9.17, 15) is 4.39 Å². The zero-order valence-corrected chi connectivity index (χ0v) is 12.7. The van der Waals surface area contributed by atoms with Crippen molar-refractivity contribution in [2.24, 2.45) is 5.84 Å². The van der Waals surface area contributed by atoms with Crippen LogP contribution < -0.4 is 16.0 Å². The van der Waals surface area contributed by atoms with Gasteiger partial charge >= 0.3 is 0 Å². The van der Waals surface area contributed by atoms with Crippen LogP contribution in [0.4, 0.5) is 4.39 Å². The number of nitrogens with two attached hydrogens (primary N) is 1. The zero-order chi connectivity index (χ0) is 14.5. The van der Waals surface area contributed by atoms with Crippen LogP contribution in [0.2, 0.25) is 0 Å². The van der Waals surface area contributed by atoms with E-state index in [0.717, 1.165) is 21.3 Å². The largest absolute Gasteiger partial charge is 0.497 e. The predicted octanol–water partition coefficient (Wildman–Crippen LogP) is 3.34. The van der Waals surface area contributed by atoms with Crippen molar-refractivity contribution < 1.29 is 9.13 Å². The summed E-state index contributed by atoms with van der Waals surface area (Å²) in [6, 6.07) is 12.1. The topological polar surface area (TPSA) is 47.3 Å². The van der Waals surface area contributed by atoms with Crippen LogP contribution in [-0.2, 0) is 6.42 Å². The second-order valence-electron chi connectivity index (χ2n) is 4.44. The summed E-state index contributed by atoms with van der Waals surface area (Å²) in [5.74, 6) is 6.15. The summed E-state index contributed by atoms with van der Waals surface area (Å²) in [6.07, 6.45) is 0.583. The van der Waals surface area contributed by atoms with Gasteiger partial charge in [0.1, 0.15) is 11.6 Å². The molecule has 3 N–H and O–H groups in total. The number of halogens is 2. The normalized spacial score (nSPS) is 12.2. The highest BCUT2D eigenvalue weighted by Gasteiger charge is 2.15. The first kappa shape index (κ1) is 15.0. The molecule has 1 atom stereocenters. The monoisotopic (exact) mass is 338 g/mol. The van der Waals surface area contributed by atoms with Crippen LogP contribution in [0.3, 0.4) is 0 Å². The van der Waals surface area contributed by atoms with Gasteiger partial charge in [0.25, 0.3) is 0 Å². The average Bonchev–Trinajstić information content (AvgIpc) is 2.46. The third-order valence-electron chi connectivity index (χ3n) is 3.11. The summed E-state index contributed by atoms with van der Waals surface area (Å²) in [5, 5.41) is 0. The van der Waals surface area contributed by atoms with Crippen molar-refractivity contribution in [3.63, 3.8) is 0 Å². The Kier molecular flexibility index (Phi) is 5.11. The first-order valence-corrected chi connectivity index (χ1v) is 6.97. The van der Waals surface area contributed by atoms with Gasteiger partial charge in [0.15, 0.2) is 0 Å². The van der Waals surface area contributed by atoms with E-state index in [2.05, 4.69) is 21.4 Å². The molecule has 0 aromatic heterocycles. The smallest absolute Gasteiger partial charge is 0.123 e. The molecule has 20 heavy (non-hydrogen) atoms. The highest BCUT2D eigenvalue weighted by Crippen LogP contribution is 2.29. The van der Waals surface area contributed by atoms with Crippen LogP contribution in [0.5, 0.6) is 5.75 Å². The number of ether oxygens (including phenoxy) is 1. The SMILES string of the molecule is COc1ccc(Br)c(C(Cc2cccc(F)c2)NN)c1. The lowest BCUT2D eigenvalue weighted by atomic mass is 9.99. The summed E-state index contributed by atoms with van der Waals surface area (Å²) >= 11 is 3.50. The van der Waals surface area contributed by atoms with E-state index in [-0.39, 0.29) is 11.9 Å². The predicted molar refractivity (Wildman–Crippen MR) is 80.9 cm³/mol. The van der Waals surface area contributed by atoms with E-state index in [1.807, 2.05) is 24.3 Å². The van der Waals surface area contributed by atoms with Crippen molar-refractivity contribution in [3.05, 3.63) is 63.9 Å². The maximum atomic E-state index is 13.2. The minimum Gasteiger partial charge on any atom is -0.497 e. The highest BCUT2D eigenvalue weighted by molar-refractivity contribution is 9.10. The Bertz CT molecular complexity index is 592. The van der Waals surface area contributed by atoms with Gasteiger partial charge in [-0.05, 0) is 47.9 Å². The number of nitrogens with one attached hydrogen (secondary N) is 1.